The first-order chi connectivity index (χ1) is 14.9. The first-order valence-electron chi connectivity index (χ1n) is 10.1. The van der Waals surface area contributed by atoms with E-state index < -0.39 is 5.82 Å². The fourth-order valence-corrected chi connectivity index (χ4v) is 4.62. The summed E-state index contributed by atoms with van der Waals surface area (Å²) in [6.07, 6.45) is 3.61. The van der Waals surface area contributed by atoms with Gasteiger partial charge in [0.25, 0.3) is 0 Å². The molecule has 3 aromatic rings. The van der Waals surface area contributed by atoms with E-state index in [1.807, 2.05) is 6.20 Å². The van der Waals surface area contributed by atoms with Crippen LogP contribution in [0.25, 0.3) is 17.0 Å². The summed E-state index contributed by atoms with van der Waals surface area (Å²) in [5, 5.41) is 0.909. The molecule has 0 spiro atoms. The molecule has 7 nitrogen and oxygen atoms in total. The number of nitrogens with zero attached hydrogens (tertiary/aromatic N) is 7. The fourth-order valence-electron chi connectivity index (χ4n) is 4.12. The largest absolute Gasteiger partial charge is 0.348 e. The third-order valence-electron chi connectivity index (χ3n) is 6.07. The second-order valence-electron chi connectivity index (χ2n) is 8.14. The molecule has 0 N–H and O–H groups in total. The molecule has 2 aromatic heterocycles. The Bertz CT molecular complexity index is 1190. The molecular weight excluding hydrogens is 485 g/mol. The van der Waals surface area contributed by atoms with Gasteiger partial charge >= 0.3 is 0 Å². The van der Waals surface area contributed by atoms with Gasteiger partial charge in [0.05, 0.1) is 27.9 Å². The number of hydrogen-bond donors (Lipinski definition) is 0. The summed E-state index contributed by atoms with van der Waals surface area (Å²) >= 11 is 9.55. The first-order valence-corrected chi connectivity index (χ1v) is 11.2. The molecule has 0 unspecified atom stereocenters. The van der Waals surface area contributed by atoms with Crippen molar-refractivity contribution in [2.75, 3.05) is 43.5 Å². The summed E-state index contributed by atoms with van der Waals surface area (Å²) in [5.74, 6) is 1.62. The van der Waals surface area contributed by atoms with Crippen molar-refractivity contribution in [3.8, 4) is 0 Å². The molecule has 0 saturated carbocycles. The Morgan fingerprint density at radius 2 is 2.03 bits per heavy atom. The van der Waals surface area contributed by atoms with Crippen LogP contribution in [0, 0.1) is 5.82 Å². The number of halogens is 3. The van der Waals surface area contributed by atoms with E-state index in [1.54, 1.807) is 12.1 Å². The predicted molar refractivity (Wildman–Crippen MR) is 125 cm³/mol. The molecule has 0 atom stereocenters. The lowest BCUT2D eigenvalue weighted by Gasteiger charge is -2.43. The minimum atomic E-state index is -0.465. The van der Waals surface area contributed by atoms with Gasteiger partial charge in [-0.3, -0.25) is 0 Å². The normalized spacial score (nSPS) is 16.7. The number of aromatic nitrogens is 4. The molecule has 0 bridgehead atoms. The van der Waals surface area contributed by atoms with E-state index in [9.17, 15) is 0 Å². The molecule has 162 valence electrons. The van der Waals surface area contributed by atoms with Gasteiger partial charge in [-0.25, -0.2) is 14.4 Å². The van der Waals surface area contributed by atoms with Crippen LogP contribution in [-0.2, 0) is 13.1 Å². The highest BCUT2D eigenvalue weighted by atomic mass is 79.9. The Labute approximate surface area is 193 Å². The van der Waals surface area contributed by atoms with Gasteiger partial charge in [-0.05, 0) is 42.2 Å². The van der Waals surface area contributed by atoms with E-state index in [-0.39, 0.29) is 9.99 Å². The highest BCUT2D eigenvalue weighted by Crippen LogP contribution is 2.37. The molecule has 10 heteroatoms. The van der Waals surface area contributed by atoms with Crippen LogP contribution in [0.1, 0.15) is 11.5 Å². The topological polar surface area (TPSA) is 53.3 Å². The lowest BCUT2D eigenvalue weighted by molar-refractivity contribution is 0.245. The van der Waals surface area contributed by atoms with Crippen molar-refractivity contribution < 1.29 is 4.39 Å². The quantitative estimate of drug-likeness (QED) is 0.502. The lowest BCUT2D eigenvalue weighted by Crippen LogP contribution is -2.58. The number of fused-ring (bicyclic) bond motifs is 2. The Kier molecular flexibility index (Phi) is 5.15. The minimum Gasteiger partial charge on any atom is -0.348 e. The molecule has 5 rings (SSSR count). The van der Waals surface area contributed by atoms with Crippen LogP contribution in [0.15, 0.2) is 23.3 Å². The van der Waals surface area contributed by atoms with Crippen LogP contribution >= 0.6 is 27.5 Å². The van der Waals surface area contributed by atoms with E-state index in [4.69, 9.17) is 16.6 Å². The third kappa shape index (κ3) is 3.39. The number of benzene rings is 1. The Hall–Kier alpha value is -2.23. The lowest BCUT2D eigenvalue weighted by atomic mass is 10.1. The average molecular weight is 507 g/mol. The molecule has 0 radical (unpaired) electrons. The van der Waals surface area contributed by atoms with Gasteiger partial charge in [-0.15, -0.1) is 0 Å². The van der Waals surface area contributed by atoms with Crippen molar-refractivity contribution >= 4 is 56.3 Å². The van der Waals surface area contributed by atoms with E-state index in [2.05, 4.69) is 65.8 Å². The summed E-state index contributed by atoms with van der Waals surface area (Å²) in [6.45, 7) is 7.53. The monoisotopic (exact) mass is 505 g/mol. The van der Waals surface area contributed by atoms with Crippen LogP contribution in [0.2, 0.25) is 5.02 Å². The second kappa shape index (κ2) is 7.72. The zero-order chi connectivity index (χ0) is 21.9. The van der Waals surface area contributed by atoms with Crippen LogP contribution < -0.4 is 9.80 Å². The van der Waals surface area contributed by atoms with Crippen LogP contribution in [0.4, 0.5) is 16.2 Å². The highest BCUT2D eigenvalue weighted by Gasteiger charge is 2.32. The molecular formula is C21H22BrClFN7. The van der Waals surface area contributed by atoms with Crippen molar-refractivity contribution in [2.45, 2.75) is 19.1 Å². The van der Waals surface area contributed by atoms with Gasteiger partial charge in [-0.2, -0.15) is 4.98 Å². The van der Waals surface area contributed by atoms with Gasteiger partial charge in [0, 0.05) is 37.6 Å². The maximum atomic E-state index is 15.2. The number of hydrogen-bond acceptors (Lipinski definition) is 6. The zero-order valence-corrected chi connectivity index (χ0v) is 19.7. The van der Waals surface area contributed by atoms with Crippen LogP contribution in [0.3, 0.4) is 0 Å². The number of anilines is 2. The van der Waals surface area contributed by atoms with E-state index in [0.717, 1.165) is 31.2 Å². The zero-order valence-electron chi connectivity index (χ0n) is 17.3. The predicted octanol–water partition coefficient (Wildman–Crippen LogP) is 3.79. The Morgan fingerprint density at radius 1 is 1.26 bits per heavy atom. The van der Waals surface area contributed by atoms with Crippen molar-refractivity contribution in [1.82, 2.24) is 24.4 Å². The molecule has 1 aromatic carbocycles. The maximum absolute atomic E-state index is 15.2. The van der Waals surface area contributed by atoms with Crippen molar-refractivity contribution in [1.29, 1.82) is 0 Å². The van der Waals surface area contributed by atoms with Crippen LogP contribution in [0.5, 0.6) is 0 Å². The molecule has 31 heavy (non-hydrogen) atoms. The first kappa shape index (κ1) is 20.7. The van der Waals surface area contributed by atoms with Crippen molar-refractivity contribution in [2.24, 2.45) is 0 Å². The maximum Gasteiger partial charge on any atom is 0.228 e. The summed E-state index contributed by atoms with van der Waals surface area (Å²) in [7, 11) is 4.11. The van der Waals surface area contributed by atoms with E-state index >= 15 is 4.39 Å². The Balaban J connectivity index is 1.60. The van der Waals surface area contributed by atoms with Gasteiger partial charge in [0.2, 0.25) is 5.95 Å². The molecule has 2 aliphatic heterocycles. The molecule has 0 aliphatic carbocycles. The van der Waals surface area contributed by atoms with Crippen LogP contribution in [-0.4, -0.2) is 64.2 Å². The molecule has 0 amide bonds. The van der Waals surface area contributed by atoms with Crippen molar-refractivity contribution in [3.63, 3.8) is 0 Å². The van der Waals surface area contributed by atoms with Gasteiger partial charge in [-0.1, -0.05) is 18.2 Å². The SMILES string of the molecule is C=Cc1ncc2n1CCN(c1nc(N3CC(N(C)C)C3)nc3c(F)c(Br)c(Cl)cc13)C2. The Morgan fingerprint density at radius 3 is 2.74 bits per heavy atom. The van der Waals surface area contributed by atoms with Gasteiger partial charge < -0.3 is 19.3 Å². The van der Waals surface area contributed by atoms with Gasteiger partial charge in [0.15, 0.2) is 5.82 Å². The highest BCUT2D eigenvalue weighted by molar-refractivity contribution is 9.10. The van der Waals surface area contributed by atoms with Gasteiger partial charge in [0.1, 0.15) is 17.2 Å². The fraction of sp³-hybridized carbons (Fsp3) is 0.381. The second-order valence-corrected chi connectivity index (χ2v) is 9.34. The molecule has 1 fully saturated rings. The number of imidazole rings is 1. The summed E-state index contributed by atoms with van der Waals surface area (Å²) in [4.78, 5) is 20.3. The van der Waals surface area contributed by atoms with Crippen molar-refractivity contribution in [3.05, 3.63) is 45.7 Å². The van der Waals surface area contributed by atoms with E-state index in [1.165, 1.54) is 0 Å². The summed E-state index contributed by atoms with van der Waals surface area (Å²) in [6, 6.07) is 2.18. The smallest absolute Gasteiger partial charge is 0.228 e. The average Bonchev–Trinajstić information content (AvgIpc) is 3.13. The molecule has 4 heterocycles. The third-order valence-corrected chi connectivity index (χ3v) is 7.37. The standard InChI is InChI=1S/C21H22BrClFN7/c1-4-16-25-8-12-9-29(5-6-31(12)16)20-14-7-15(23)17(22)18(24)19(14)26-21(27-20)30-10-13(11-30)28(2)3/h4,7-8,13H,1,5-6,9-11H2,2-3H3. The molecule has 2 aliphatic rings. The summed E-state index contributed by atoms with van der Waals surface area (Å²) < 4.78 is 17.5. The number of likely N-dealkylation sites (N-methyl/N-ethyl adjacent to an activating group) is 1. The number of rotatable bonds is 4. The van der Waals surface area contributed by atoms with E-state index in [0.29, 0.717) is 41.3 Å². The molecule has 1 saturated heterocycles. The minimum absolute atomic E-state index is 0.222. The summed E-state index contributed by atoms with van der Waals surface area (Å²) in [5.41, 5.74) is 1.34.